The van der Waals surface area contributed by atoms with Crippen molar-refractivity contribution in [1.82, 2.24) is 10.0 Å². The predicted octanol–water partition coefficient (Wildman–Crippen LogP) is 2.93. The van der Waals surface area contributed by atoms with Crippen molar-refractivity contribution in [3.63, 3.8) is 0 Å². The molecule has 0 saturated heterocycles. The minimum absolute atomic E-state index is 0.0572. The minimum atomic E-state index is -3.74. The maximum Gasteiger partial charge on any atom is 0.251 e. The number of rotatable bonds is 9. The van der Waals surface area contributed by atoms with E-state index in [-0.39, 0.29) is 29.4 Å². The van der Waals surface area contributed by atoms with Gasteiger partial charge in [-0.1, -0.05) is 25.0 Å². The summed E-state index contributed by atoms with van der Waals surface area (Å²) in [5, 5.41) is 3.09. The SMILES string of the molecule is COCCNS(=O)(=O)c1ccc(C)c(C(=O)NCC2(c3ccc4c(c3)OCCO4)CCCC2)c1. The smallest absolute Gasteiger partial charge is 0.251 e. The summed E-state index contributed by atoms with van der Waals surface area (Å²) in [5.74, 6) is 1.21. The third-order valence-corrected chi connectivity index (χ3v) is 8.12. The highest BCUT2D eigenvalue weighted by Crippen LogP contribution is 2.43. The van der Waals surface area contributed by atoms with Crippen molar-refractivity contribution < 1.29 is 27.4 Å². The van der Waals surface area contributed by atoms with Crippen LogP contribution in [0.1, 0.15) is 47.2 Å². The topological polar surface area (TPSA) is 103 Å². The van der Waals surface area contributed by atoms with Crippen LogP contribution in [0.4, 0.5) is 0 Å². The molecule has 0 radical (unpaired) electrons. The average Bonchev–Trinajstić information content (AvgIpc) is 3.33. The number of hydrogen-bond donors (Lipinski definition) is 2. The van der Waals surface area contributed by atoms with E-state index in [4.69, 9.17) is 14.2 Å². The van der Waals surface area contributed by atoms with Gasteiger partial charge in [0.25, 0.3) is 5.91 Å². The molecule has 2 aliphatic rings. The summed E-state index contributed by atoms with van der Waals surface area (Å²) in [7, 11) is -2.23. The number of carbonyl (C=O) groups excluding carboxylic acids is 1. The first-order valence-corrected chi connectivity index (χ1v) is 13.1. The van der Waals surface area contributed by atoms with Crippen molar-refractivity contribution >= 4 is 15.9 Å². The molecule has 1 aliphatic carbocycles. The van der Waals surface area contributed by atoms with E-state index in [9.17, 15) is 13.2 Å². The lowest BCUT2D eigenvalue weighted by atomic mass is 9.78. The maximum absolute atomic E-state index is 13.2. The number of fused-ring (bicyclic) bond motifs is 1. The molecule has 1 amide bonds. The number of amides is 1. The highest BCUT2D eigenvalue weighted by Gasteiger charge is 2.37. The second-order valence-electron chi connectivity index (χ2n) is 8.90. The van der Waals surface area contributed by atoms with E-state index in [0.717, 1.165) is 42.7 Å². The number of carbonyl (C=O) groups is 1. The fraction of sp³-hybridized carbons (Fsp3) is 0.480. The van der Waals surface area contributed by atoms with Crippen LogP contribution in [0.2, 0.25) is 0 Å². The zero-order valence-corrected chi connectivity index (χ0v) is 20.5. The summed E-state index contributed by atoms with van der Waals surface area (Å²) in [6.07, 6.45) is 4.10. The van der Waals surface area contributed by atoms with Crippen molar-refractivity contribution in [1.29, 1.82) is 0 Å². The fourth-order valence-corrected chi connectivity index (χ4v) is 5.75. The quantitative estimate of drug-likeness (QED) is 0.526. The molecule has 1 fully saturated rings. The highest BCUT2D eigenvalue weighted by molar-refractivity contribution is 7.89. The second kappa shape index (κ2) is 10.3. The Bertz CT molecular complexity index is 1140. The molecule has 1 heterocycles. The average molecular weight is 489 g/mol. The lowest BCUT2D eigenvalue weighted by molar-refractivity contribution is 0.0942. The van der Waals surface area contributed by atoms with Crippen LogP contribution in [0.3, 0.4) is 0 Å². The van der Waals surface area contributed by atoms with Crippen LogP contribution in [0.5, 0.6) is 11.5 Å². The Hall–Kier alpha value is -2.62. The Kier molecular flexibility index (Phi) is 7.45. The van der Waals surface area contributed by atoms with Crippen molar-refractivity contribution in [2.24, 2.45) is 0 Å². The van der Waals surface area contributed by atoms with Crippen molar-refractivity contribution in [2.45, 2.75) is 42.9 Å². The molecule has 1 aliphatic heterocycles. The minimum Gasteiger partial charge on any atom is -0.486 e. The van der Waals surface area contributed by atoms with Crippen LogP contribution >= 0.6 is 0 Å². The summed E-state index contributed by atoms with van der Waals surface area (Å²) in [6.45, 7) is 3.76. The molecule has 4 rings (SSSR count). The van der Waals surface area contributed by atoms with Gasteiger partial charge in [-0.05, 0) is 55.2 Å². The number of methoxy groups -OCH3 is 1. The van der Waals surface area contributed by atoms with Gasteiger partial charge < -0.3 is 19.5 Å². The Labute approximate surface area is 201 Å². The zero-order chi connectivity index (χ0) is 24.2. The second-order valence-corrected chi connectivity index (χ2v) is 10.7. The summed E-state index contributed by atoms with van der Waals surface area (Å²) < 4.78 is 44.0. The van der Waals surface area contributed by atoms with Crippen LogP contribution in [0, 0.1) is 6.92 Å². The molecule has 184 valence electrons. The molecule has 2 aromatic rings. The number of aryl methyl sites for hydroxylation is 1. The van der Waals surface area contributed by atoms with E-state index < -0.39 is 10.0 Å². The molecule has 0 unspecified atom stereocenters. The van der Waals surface area contributed by atoms with Crippen molar-refractivity contribution in [3.05, 3.63) is 53.1 Å². The first kappa shape index (κ1) is 24.5. The van der Waals surface area contributed by atoms with E-state index in [2.05, 4.69) is 16.1 Å². The standard InChI is InChI=1S/C25H32N2O6S/c1-18-5-7-20(34(29,30)27-11-12-31-2)16-21(18)24(28)26-17-25(9-3-4-10-25)19-6-8-22-23(15-19)33-14-13-32-22/h5-8,15-16,27H,3-4,9-14,17H2,1-2H3,(H,26,28). The van der Waals surface area contributed by atoms with E-state index in [1.807, 2.05) is 12.1 Å². The van der Waals surface area contributed by atoms with Crippen LogP contribution in [0.15, 0.2) is 41.3 Å². The van der Waals surface area contributed by atoms with E-state index in [0.29, 0.717) is 30.9 Å². The molecule has 0 aromatic heterocycles. The van der Waals surface area contributed by atoms with Crippen molar-refractivity contribution in [3.8, 4) is 11.5 Å². The molecule has 2 aromatic carbocycles. The molecule has 0 bridgehead atoms. The molecular formula is C25H32N2O6S. The van der Waals surface area contributed by atoms with Gasteiger partial charge in [0.15, 0.2) is 11.5 Å². The normalized spacial score (nSPS) is 16.9. The van der Waals surface area contributed by atoms with Gasteiger partial charge in [-0.15, -0.1) is 0 Å². The van der Waals surface area contributed by atoms with Crippen LogP contribution in [-0.2, 0) is 20.2 Å². The van der Waals surface area contributed by atoms with Gasteiger partial charge in [-0.25, -0.2) is 13.1 Å². The van der Waals surface area contributed by atoms with Gasteiger partial charge in [0.05, 0.1) is 11.5 Å². The Morgan fingerprint density at radius 2 is 1.79 bits per heavy atom. The third kappa shape index (κ3) is 5.21. The van der Waals surface area contributed by atoms with Gasteiger partial charge in [-0.2, -0.15) is 0 Å². The molecule has 8 nitrogen and oxygen atoms in total. The molecule has 0 spiro atoms. The first-order valence-electron chi connectivity index (χ1n) is 11.6. The van der Waals surface area contributed by atoms with Gasteiger partial charge >= 0.3 is 0 Å². The number of benzene rings is 2. The van der Waals surface area contributed by atoms with Crippen molar-refractivity contribution in [2.75, 3.05) is 40.0 Å². The number of sulfonamides is 1. The van der Waals surface area contributed by atoms with Gasteiger partial charge in [0.1, 0.15) is 13.2 Å². The Morgan fingerprint density at radius 1 is 1.06 bits per heavy atom. The van der Waals surface area contributed by atoms with Gasteiger partial charge in [0, 0.05) is 31.2 Å². The predicted molar refractivity (Wildman–Crippen MR) is 128 cm³/mol. The summed E-state index contributed by atoms with van der Waals surface area (Å²) >= 11 is 0. The Balaban J connectivity index is 1.52. The van der Waals surface area contributed by atoms with Gasteiger partial charge in [0.2, 0.25) is 10.0 Å². The molecule has 2 N–H and O–H groups in total. The summed E-state index contributed by atoms with van der Waals surface area (Å²) in [4.78, 5) is 13.2. The van der Waals surface area contributed by atoms with E-state index in [1.54, 1.807) is 13.0 Å². The maximum atomic E-state index is 13.2. The van der Waals surface area contributed by atoms with Crippen LogP contribution in [-0.4, -0.2) is 54.3 Å². The third-order valence-electron chi connectivity index (χ3n) is 6.66. The van der Waals surface area contributed by atoms with Crippen LogP contribution in [0.25, 0.3) is 0 Å². The fourth-order valence-electron chi connectivity index (χ4n) is 4.71. The largest absolute Gasteiger partial charge is 0.486 e. The van der Waals surface area contributed by atoms with Crippen LogP contribution < -0.4 is 19.5 Å². The lowest BCUT2D eigenvalue weighted by Gasteiger charge is -2.31. The zero-order valence-electron chi connectivity index (χ0n) is 19.7. The molecule has 9 heteroatoms. The monoisotopic (exact) mass is 488 g/mol. The van der Waals surface area contributed by atoms with Gasteiger partial charge in [-0.3, -0.25) is 4.79 Å². The van der Waals surface area contributed by atoms with E-state index >= 15 is 0 Å². The number of nitrogens with one attached hydrogen (secondary N) is 2. The number of ether oxygens (including phenoxy) is 3. The highest BCUT2D eigenvalue weighted by atomic mass is 32.2. The molecule has 0 atom stereocenters. The molecule has 1 saturated carbocycles. The molecular weight excluding hydrogens is 456 g/mol. The van der Waals surface area contributed by atoms with E-state index in [1.165, 1.54) is 19.2 Å². The first-order chi connectivity index (χ1) is 16.3. The number of hydrogen-bond acceptors (Lipinski definition) is 6. The molecule has 34 heavy (non-hydrogen) atoms. The lowest BCUT2D eigenvalue weighted by Crippen LogP contribution is -2.39. The summed E-state index contributed by atoms with van der Waals surface area (Å²) in [6, 6.07) is 10.7. The summed E-state index contributed by atoms with van der Waals surface area (Å²) in [5.41, 5.74) is 2.01. The Morgan fingerprint density at radius 3 is 2.53 bits per heavy atom.